The van der Waals surface area contributed by atoms with Gasteiger partial charge in [0.25, 0.3) is 0 Å². The Morgan fingerprint density at radius 3 is 2.71 bits per heavy atom. The van der Waals surface area contributed by atoms with Crippen molar-refractivity contribution >= 4 is 0 Å². The highest BCUT2D eigenvalue weighted by Crippen LogP contribution is 2.39. The van der Waals surface area contributed by atoms with E-state index in [0.717, 1.165) is 11.3 Å². The highest BCUT2D eigenvalue weighted by atomic mass is 16.5. The molecule has 0 heterocycles. The highest BCUT2D eigenvalue weighted by Gasteiger charge is 2.21. The Kier molecular flexibility index (Phi) is 4.02. The number of methoxy groups -OCH3 is 1. The predicted octanol–water partition coefficient (Wildman–Crippen LogP) is 2.34. The number of rotatable bonds is 4. The second-order valence-electron chi connectivity index (χ2n) is 4.77. The Morgan fingerprint density at radius 1 is 1.41 bits per heavy atom. The van der Waals surface area contributed by atoms with Gasteiger partial charge in [0.2, 0.25) is 0 Å². The van der Waals surface area contributed by atoms with Crippen LogP contribution in [0.15, 0.2) is 18.2 Å². The summed E-state index contributed by atoms with van der Waals surface area (Å²) in [5.74, 6) is 1.54. The molecule has 0 radical (unpaired) electrons. The van der Waals surface area contributed by atoms with Crippen LogP contribution in [0.2, 0.25) is 0 Å². The van der Waals surface area contributed by atoms with Gasteiger partial charge in [-0.25, -0.2) is 0 Å². The van der Waals surface area contributed by atoms with Crippen LogP contribution < -0.4 is 10.5 Å². The molecule has 1 aliphatic carbocycles. The van der Waals surface area contributed by atoms with E-state index in [1.165, 1.54) is 31.2 Å². The number of hydrogen-bond donors (Lipinski definition) is 2. The van der Waals surface area contributed by atoms with E-state index < -0.39 is 0 Å². The van der Waals surface area contributed by atoms with E-state index in [-0.39, 0.29) is 12.6 Å². The fraction of sp³-hybridized carbons (Fsp3) is 0.571. The van der Waals surface area contributed by atoms with Gasteiger partial charge in [-0.1, -0.05) is 25.0 Å². The molecule has 3 N–H and O–H groups in total. The van der Waals surface area contributed by atoms with E-state index in [1.807, 2.05) is 12.1 Å². The third kappa shape index (κ3) is 2.61. The molecule has 3 heteroatoms. The van der Waals surface area contributed by atoms with Gasteiger partial charge in [-0.2, -0.15) is 0 Å². The van der Waals surface area contributed by atoms with Crippen LogP contribution in [0.4, 0.5) is 0 Å². The largest absolute Gasteiger partial charge is 0.496 e. The molecule has 1 aromatic rings. The van der Waals surface area contributed by atoms with Gasteiger partial charge in [-0.3, -0.25) is 0 Å². The topological polar surface area (TPSA) is 55.5 Å². The molecule has 0 aliphatic heterocycles. The lowest BCUT2D eigenvalue weighted by molar-refractivity contribution is 0.268. The van der Waals surface area contributed by atoms with Crippen molar-refractivity contribution in [3.63, 3.8) is 0 Å². The van der Waals surface area contributed by atoms with Crippen LogP contribution in [-0.2, 0) is 0 Å². The van der Waals surface area contributed by atoms with Crippen molar-refractivity contribution in [3.8, 4) is 5.75 Å². The molecular formula is C14H21NO2. The molecule has 2 rings (SSSR count). The van der Waals surface area contributed by atoms with E-state index in [9.17, 15) is 0 Å². The van der Waals surface area contributed by atoms with Crippen LogP contribution in [0.3, 0.4) is 0 Å². The fourth-order valence-corrected chi connectivity index (χ4v) is 2.64. The molecule has 1 saturated carbocycles. The monoisotopic (exact) mass is 235 g/mol. The van der Waals surface area contributed by atoms with Gasteiger partial charge in [0.15, 0.2) is 0 Å². The molecule has 1 aromatic carbocycles. The van der Waals surface area contributed by atoms with E-state index in [0.29, 0.717) is 5.92 Å². The van der Waals surface area contributed by atoms with Crippen LogP contribution in [0.5, 0.6) is 5.75 Å². The maximum absolute atomic E-state index is 9.11. The first-order valence-electron chi connectivity index (χ1n) is 6.30. The molecule has 1 unspecified atom stereocenters. The van der Waals surface area contributed by atoms with Gasteiger partial charge in [0.05, 0.1) is 19.8 Å². The van der Waals surface area contributed by atoms with Gasteiger partial charge >= 0.3 is 0 Å². The molecule has 3 nitrogen and oxygen atoms in total. The van der Waals surface area contributed by atoms with E-state index in [2.05, 4.69) is 6.07 Å². The average Bonchev–Trinajstić information content (AvgIpc) is 2.90. The van der Waals surface area contributed by atoms with Crippen molar-refractivity contribution < 1.29 is 9.84 Å². The number of hydrogen-bond acceptors (Lipinski definition) is 3. The molecule has 17 heavy (non-hydrogen) atoms. The predicted molar refractivity (Wildman–Crippen MR) is 68.2 cm³/mol. The summed E-state index contributed by atoms with van der Waals surface area (Å²) in [5, 5.41) is 9.11. The summed E-state index contributed by atoms with van der Waals surface area (Å²) in [4.78, 5) is 0. The molecule has 0 bridgehead atoms. The van der Waals surface area contributed by atoms with Crippen molar-refractivity contribution in [2.75, 3.05) is 13.7 Å². The van der Waals surface area contributed by atoms with Gasteiger partial charge in [-0.15, -0.1) is 0 Å². The molecule has 0 saturated heterocycles. The number of aliphatic hydroxyl groups is 1. The van der Waals surface area contributed by atoms with Crippen LogP contribution in [0.25, 0.3) is 0 Å². The van der Waals surface area contributed by atoms with Crippen LogP contribution >= 0.6 is 0 Å². The Labute approximate surface area is 103 Å². The summed E-state index contributed by atoms with van der Waals surface area (Å²) in [6, 6.07) is 5.73. The summed E-state index contributed by atoms with van der Waals surface area (Å²) >= 11 is 0. The van der Waals surface area contributed by atoms with Crippen LogP contribution in [-0.4, -0.2) is 18.8 Å². The zero-order chi connectivity index (χ0) is 12.3. The lowest BCUT2D eigenvalue weighted by Gasteiger charge is -2.17. The lowest BCUT2D eigenvalue weighted by Crippen LogP contribution is -2.15. The maximum Gasteiger partial charge on any atom is 0.122 e. The van der Waals surface area contributed by atoms with Crippen LogP contribution in [0.1, 0.15) is 48.8 Å². The molecular weight excluding hydrogens is 214 g/mol. The molecule has 1 fully saturated rings. The summed E-state index contributed by atoms with van der Waals surface area (Å²) < 4.78 is 5.42. The zero-order valence-corrected chi connectivity index (χ0v) is 10.4. The van der Waals surface area contributed by atoms with Crippen molar-refractivity contribution in [2.45, 2.75) is 37.6 Å². The first kappa shape index (κ1) is 12.4. The summed E-state index contributed by atoms with van der Waals surface area (Å²) in [7, 11) is 1.71. The Morgan fingerprint density at radius 2 is 2.12 bits per heavy atom. The number of aliphatic hydroxyl groups excluding tert-OH is 1. The molecule has 0 amide bonds. The lowest BCUT2D eigenvalue weighted by atomic mass is 9.93. The SMILES string of the molecule is COc1ccc(C(N)CO)cc1C1CCCC1. The normalized spacial score (nSPS) is 18.3. The third-order valence-corrected chi connectivity index (χ3v) is 3.67. The van der Waals surface area contributed by atoms with Crippen LogP contribution in [0, 0.1) is 0 Å². The summed E-state index contributed by atoms with van der Waals surface area (Å²) in [6.45, 7) is -0.0174. The van der Waals surface area contributed by atoms with Crippen molar-refractivity contribution in [1.82, 2.24) is 0 Å². The van der Waals surface area contributed by atoms with Crippen molar-refractivity contribution in [3.05, 3.63) is 29.3 Å². The Hall–Kier alpha value is -1.06. The minimum Gasteiger partial charge on any atom is -0.496 e. The standard InChI is InChI=1S/C14H21NO2/c1-17-14-7-6-11(13(15)9-16)8-12(14)10-4-2-3-5-10/h6-8,10,13,16H,2-5,9,15H2,1H3. The van der Waals surface area contributed by atoms with Gasteiger partial charge in [0, 0.05) is 0 Å². The average molecular weight is 235 g/mol. The van der Waals surface area contributed by atoms with E-state index in [4.69, 9.17) is 15.6 Å². The number of ether oxygens (including phenoxy) is 1. The second-order valence-corrected chi connectivity index (χ2v) is 4.77. The van der Waals surface area contributed by atoms with Crippen molar-refractivity contribution in [2.24, 2.45) is 5.73 Å². The van der Waals surface area contributed by atoms with Crippen molar-refractivity contribution in [1.29, 1.82) is 0 Å². The van der Waals surface area contributed by atoms with Gasteiger partial charge in [0.1, 0.15) is 5.75 Å². The summed E-state index contributed by atoms with van der Waals surface area (Å²) in [5.41, 5.74) is 8.11. The quantitative estimate of drug-likeness (QED) is 0.842. The van der Waals surface area contributed by atoms with Gasteiger partial charge < -0.3 is 15.6 Å². The third-order valence-electron chi connectivity index (χ3n) is 3.67. The number of nitrogens with two attached hydrogens (primary N) is 1. The van der Waals surface area contributed by atoms with E-state index >= 15 is 0 Å². The minimum absolute atomic E-state index is 0.0174. The first-order valence-corrected chi connectivity index (χ1v) is 6.30. The second kappa shape index (κ2) is 5.52. The summed E-state index contributed by atoms with van der Waals surface area (Å²) in [6.07, 6.45) is 5.05. The molecule has 1 aliphatic rings. The smallest absolute Gasteiger partial charge is 0.122 e. The zero-order valence-electron chi connectivity index (χ0n) is 10.4. The fourth-order valence-electron chi connectivity index (χ4n) is 2.64. The Balaban J connectivity index is 2.32. The number of benzene rings is 1. The molecule has 94 valence electrons. The minimum atomic E-state index is -0.291. The molecule has 1 atom stereocenters. The molecule has 0 aromatic heterocycles. The highest BCUT2D eigenvalue weighted by molar-refractivity contribution is 5.41. The van der Waals surface area contributed by atoms with Gasteiger partial charge in [-0.05, 0) is 36.0 Å². The van der Waals surface area contributed by atoms with E-state index in [1.54, 1.807) is 7.11 Å². The molecule has 0 spiro atoms. The Bertz CT molecular complexity index is 372. The maximum atomic E-state index is 9.11. The first-order chi connectivity index (χ1) is 8.26.